The summed E-state index contributed by atoms with van der Waals surface area (Å²) in [5.41, 5.74) is 0. The second kappa shape index (κ2) is 4.24. The molecule has 0 amide bonds. The summed E-state index contributed by atoms with van der Waals surface area (Å²) in [7, 11) is 0. The molecular formula is C10H21NO. The van der Waals surface area contributed by atoms with E-state index in [4.69, 9.17) is 5.11 Å². The van der Waals surface area contributed by atoms with E-state index in [1.165, 1.54) is 19.5 Å². The predicted octanol–water partition coefficient (Wildman–Crippen LogP) is 1.35. The van der Waals surface area contributed by atoms with Crippen LogP contribution in [0.1, 0.15) is 27.2 Å². The van der Waals surface area contributed by atoms with Crippen LogP contribution in [-0.2, 0) is 0 Å². The Morgan fingerprint density at radius 1 is 1.42 bits per heavy atom. The number of hydrogen-bond donors (Lipinski definition) is 1. The molecule has 1 saturated heterocycles. The van der Waals surface area contributed by atoms with Crippen LogP contribution in [0.15, 0.2) is 0 Å². The summed E-state index contributed by atoms with van der Waals surface area (Å²) >= 11 is 0. The average Bonchev–Trinajstić information content (AvgIpc) is 1.94. The van der Waals surface area contributed by atoms with Crippen LogP contribution in [0, 0.1) is 11.8 Å². The summed E-state index contributed by atoms with van der Waals surface area (Å²) in [6, 6.07) is 0.396. The van der Waals surface area contributed by atoms with Gasteiger partial charge in [0.15, 0.2) is 0 Å². The third-order valence-electron chi connectivity index (χ3n) is 2.99. The summed E-state index contributed by atoms with van der Waals surface area (Å²) < 4.78 is 0. The van der Waals surface area contributed by atoms with E-state index < -0.39 is 0 Å². The fraction of sp³-hybridized carbons (Fsp3) is 1.00. The molecule has 0 aromatic heterocycles. The van der Waals surface area contributed by atoms with Gasteiger partial charge in [0.25, 0.3) is 0 Å². The fourth-order valence-electron chi connectivity index (χ4n) is 1.89. The maximum Gasteiger partial charge on any atom is 0.0589 e. The Balaban J connectivity index is 2.29. The molecule has 0 unspecified atom stereocenters. The second-order valence-electron chi connectivity index (χ2n) is 4.22. The minimum absolute atomic E-state index is 0.314. The van der Waals surface area contributed by atoms with E-state index in [0.717, 1.165) is 5.92 Å². The van der Waals surface area contributed by atoms with Gasteiger partial charge in [0.2, 0.25) is 0 Å². The number of aliphatic hydroxyl groups excluding tert-OH is 1. The highest BCUT2D eigenvalue weighted by Crippen LogP contribution is 2.24. The maximum atomic E-state index is 9.15. The third-order valence-corrected chi connectivity index (χ3v) is 2.99. The summed E-state index contributed by atoms with van der Waals surface area (Å²) in [6.07, 6.45) is 1.28. The molecule has 0 bridgehead atoms. The number of likely N-dealkylation sites (tertiary alicyclic amines) is 1. The molecule has 0 saturated carbocycles. The van der Waals surface area contributed by atoms with E-state index in [1.54, 1.807) is 0 Å². The summed E-state index contributed by atoms with van der Waals surface area (Å²) in [5.74, 6) is 1.46. The van der Waals surface area contributed by atoms with Crippen LogP contribution in [0.5, 0.6) is 0 Å². The summed E-state index contributed by atoms with van der Waals surface area (Å²) in [6.45, 7) is 9.31. The molecule has 0 radical (unpaired) electrons. The van der Waals surface area contributed by atoms with Crippen molar-refractivity contribution in [2.75, 3.05) is 19.7 Å². The van der Waals surface area contributed by atoms with Crippen LogP contribution >= 0.6 is 0 Å². The van der Waals surface area contributed by atoms with Crippen molar-refractivity contribution in [2.45, 2.75) is 33.2 Å². The lowest BCUT2D eigenvalue weighted by molar-refractivity contribution is 0.00227. The number of nitrogens with zero attached hydrogens (tertiary/aromatic N) is 1. The monoisotopic (exact) mass is 171 g/mol. The van der Waals surface area contributed by atoms with Gasteiger partial charge in [-0.05, 0) is 11.8 Å². The average molecular weight is 171 g/mol. The van der Waals surface area contributed by atoms with Crippen LogP contribution in [0.2, 0.25) is 0 Å². The third kappa shape index (κ3) is 1.99. The molecule has 2 nitrogen and oxygen atoms in total. The Kier molecular flexibility index (Phi) is 3.53. The lowest BCUT2D eigenvalue weighted by Gasteiger charge is -2.45. The summed E-state index contributed by atoms with van der Waals surface area (Å²) in [5, 5.41) is 9.15. The molecule has 1 N–H and O–H groups in total. The van der Waals surface area contributed by atoms with Crippen molar-refractivity contribution in [2.24, 2.45) is 11.8 Å². The first-order valence-corrected chi connectivity index (χ1v) is 5.04. The quantitative estimate of drug-likeness (QED) is 0.690. The van der Waals surface area contributed by atoms with E-state index in [1.807, 2.05) is 0 Å². The van der Waals surface area contributed by atoms with Crippen LogP contribution in [0.3, 0.4) is 0 Å². The summed E-state index contributed by atoms with van der Waals surface area (Å²) in [4.78, 5) is 2.40. The fourth-order valence-corrected chi connectivity index (χ4v) is 1.89. The van der Waals surface area contributed by atoms with Gasteiger partial charge in [-0.25, -0.2) is 0 Å². The number of hydrogen-bond acceptors (Lipinski definition) is 2. The molecular weight excluding hydrogens is 150 g/mol. The highest BCUT2D eigenvalue weighted by molar-refractivity contribution is 4.85. The first-order valence-electron chi connectivity index (χ1n) is 5.04. The van der Waals surface area contributed by atoms with Gasteiger partial charge in [0, 0.05) is 19.1 Å². The van der Waals surface area contributed by atoms with Gasteiger partial charge in [-0.3, -0.25) is 4.90 Å². The molecule has 2 heteroatoms. The lowest BCUT2D eigenvalue weighted by atomic mass is 9.91. The Morgan fingerprint density at radius 3 is 2.33 bits per heavy atom. The standard InChI is InChI=1S/C10H21NO/c1-4-9-5-11(6-9)10(7-12)8(2)3/h8-10,12H,4-7H2,1-3H3/t10-/m0/s1. The Bertz CT molecular complexity index is 130. The van der Waals surface area contributed by atoms with Crippen molar-refractivity contribution in [3.63, 3.8) is 0 Å². The lowest BCUT2D eigenvalue weighted by Crippen LogP contribution is -2.54. The molecule has 1 rings (SSSR count). The SMILES string of the molecule is CCC1CN([C@@H](CO)C(C)C)C1. The van der Waals surface area contributed by atoms with E-state index in [9.17, 15) is 0 Å². The van der Waals surface area contributed by atoms with Crippen LogP contribution < -0.4 is 0 Å². The van der Waals surface area contributed by atoms with Gasteiger partial charge >= 0.3 is 0 Å². The largest absolute Gasteiger partial charge is 0.395 e. The molecule has 12 heavy (non-hydrogen) atoms. The van der Waals surface area contributed by atoms with Gasteiger partial charge in [-0.15, -0.1) is 0 Å². The first-order chi connectivity index (χ1) is 5.69. The molecule has 0 aliphatic carbocycles. The molecule has 1 aliphatic heterocycles. The Labute approximate surface area is 75.6 Å². The molecule has 1 aliphatic rings. The second-order valence-corrected chi connectivity index (χ2v) is 4.22. The van der Waals surface area contributed by atoms with Crippen molar-refractivity contribution in [3.8, 4) is 0 Å². The van der Waals surface area contributed by atoms with Gasteiger partial charge in [0.1, 0.15) is 0 Å². The molecule has 72 valence electrons. The van der Waals surface area contributed by atoms with Gasteiger partial charge in [-0.1, -0.05) is 27.2 Å². The maximum absolute atomic E-state index is 9.15. The van der Waals surface area contributed by atoms with E-state index in [2.05, 4.69) is 25.7 Å². The minimum atomic E-state index is 0.314. The zero-order valence-corrected chi connectivity index (χ0v) is 8.45. The number of rotatable bonds is 4. The van der Waals surface area contributed by atoms with Crippen molar-refractivity contribution < 1.29 is 5.11 Å². The van der Waals surface area contributed by atoms with Crippen molar-refractivity contribution in [3.05, 3.63) is 0 Å². The normalized spacial score (nSPS) is 22.8. The van der Waals surface area contributed by atoms with Crippen LogP contribution in [-0.4, -0.2) is 35.7 Å². The van der Waals surface area contributed by atoms with Crippen molar-refractivity contribution >= 4 is 0 Å². The van der Waals surface area contributed by atoms with Gasteiger partial charge in [0.05, 0.1) is 6.61 Å². The molecule has 0 aromatic rings. The first kappa shape index (κ1) is 10.0. The highest BCUT2D eigenvalue weighted by Gasteiger charge is 2.31. The molecule has 1 heterocycles. The minimum Gasteiger partial charge on any atom is -0.395 e. The van der Waals surface area contributed by atoms with Gasteiger partial charge in [-0.2, -0.15) is 0 Å². The molecule has 0 spiro atoms. The Hall–Kier alpha value is -0.0800. The zero-order valence-electron chi connectivity index (χ0n) is 8.45. The molecule has 0 aromatic carbocycles. The van der Waals surface area contributed by atoms with E-state index >= 15 is 0 Å². The van der Waals surface area contributed by atoms with E-state index in [-0.39, 0.29) is 0 Å². The molecule has 1 atom stereocenters. The van der Waals surface area contributed by atoms with Gasteiger partial charge < -0.3 is 5.11 Å². The van der Waals surface area contributed by atoms with Crippen LogP contribution in [0.25, 0.3) is 0 Å². The van der Waals surface area contributed by atoms with Crippen molar-refractivity contribution in [1.29, 1.82) is 0 Å². The topological polar surface area (TPSA) is 23.5 Å². The number of aliphatic hydroxyl groups is 1. The molecule has 1 fully saturated rings. The Morgan fingerprint density at radius 2 is 2.00 bits per heavy atom. The van der Waals surface area contributed by atoms with Crippen LogP contribution in [0.4, 0.5) is 0 Å². The van der Waals surface area contributed by atoms with E-state index in [0.29, 0.717) is 18.6 Å². The van der Waals surface area contributed by atoms with Crippen molar-refractivity contribution in [1.82, 2.24) is 4.90 Å². The predicted molar refractivity (Wildman–Crippen MR) is 51.1 cm³/mol. The smallest absolute Gasteiger partial charge is 0.0589 e. The highest BCUT2D eigenvalue weighted by atomic mass is 16.3. The zero-order chi connectivity index (χ0) is 9.14.